The van der Waals surface area contributed by atoms with Gasteiger partial charge >= 0.3 is 0 Å². The number of nitrogens with zero attached hydrogens (tertiary/aromatic N) is 2. The van der Waals surface area contributed by atoms with Crippen molar-refractivity contribution in [3.05, 3.63) is 17.5 Å². The van der Waals surface area contributed by atoms with Crippen molar-refractivity contribution in [3.8, 4) is 0 Å². The fourth-order valence-corrected chi connectivity index (χ4v) is 1.69. The lowest BCUT2D eigenvalue weighted by atomic mass is 10.2. The molecule has 4 nitrogen and oxygen atoms in total. The second-order valence-corrected chi connectivity index (χ2v) is 3.40. The normalized spacial score (nSPS) is 23.4. The lowest BCUT2D eigenvalue weighted by molar-refractivity contribution is 0.0227. The summed E-state index contributed by atoms with van der Waals surface area (Å²) < 4.78 is 7.53. The standard InChI is InChI=1S/C9H15N3O/c1-7-5-8(12(2)11-7)9-6-10-3-4-13-9/h5,9-10H,3-4,6H2,1-2H3. The van der Waals surface area contributed by atoms with Crippen LogP contribution < -0.4 is 5.32 Å². The Bertz CT molecular complexity index is 289. The molecule has 1 aromatic heterocycles. The molecular weight excluding hydrogens is 166 g/mol. The number of hydrogen-bond donors (Lipinski definition) is 1. The minimum absolute atomic E-state index is 0.167. The van der Waals surface area contributed by atoms with Crippen molar-refractivity contribution in [1.29, 1.82) is 0 Å². The molecule has 0 amide bonds. The molecule has 1 aliphatic heterocycles. The summed E-state index contributed by atoms with van der Waals surface area (Å²) in [4.78, 5) is 0. The van der Waals surface area contributed by atoms with E-state index in [-0.39, 0.29) is 6.10 Å². The summed E-state index contributed by atoms with van der Waals surface area (Å²) in [5.74, 6) is 0. The van der Waals surface area contributed by atoms with Crippen LogP contribution in [0, 0.1) is 6.92 Å². The SMILES string of the molecule is Cc1cc(C2CNCCO2)n(C)n1. The third kappa shape index (κ3) is 1.73. The molecule has 4 heteroatoms. The van der Waals surface area contributed by atoms with E-state index in [1.807, 2.05) is 18.7 Å². The summed E-state index contributed by atoms with van der Waals surface area (Å²) in [7, 11) is 1.96. The molecule has 72 valence electrons. The van der Waals surface area contributed by atoms with E-state index in [4.69, 9.17) is 4.74 Å². The highest BCUT2D eigenvalue weighted by Crippen LogP contribution is 2.18. The van der Waals surface area contributed by atoms with E-state index in [1.165, 1.54) is 0 Å². The van der Waals surface area contributed by atoms with Gasteiger partial charge < -0.3 is 10.1 Å². The van der Waals surface area contributed by atoms with Gasteiger partial charge in [-0.05, 0) is 13.0 Å². The predicted octanol–water partition coefficient (Wildman–Crippen LogP) is 0.389. The van der Waals surface area contributed by atoms with Crippen LogP contribution >= 0.6 is 0 Å². The van der Waals surface area contributed by atoms with Gasteiger partial charge in [0.15, 0.2) is 0 Å². The summed E-state index contributed by atoms with van der Waals surface area (Å²) in [5, 5.41) is 7.60. The van der Waals surface area contributed by atoms with Crippen LogP contribution in [-0.2, 0) is 11.8 Å². The molecule has 1 aromatic rings. The van der Waals surface area contributed by atoms with Gasteiger partial charge in [-0.2, -0.15) is 5.10 Å². The number of hydrogen-bond acceptors (Lipinski definition) is 3. The van der Waals surface area contributed by atoms with E-state index >= 15 is 0 Å². The minimum atomic E-state index is 0.167. The topological polar surface area (TPSA) is 39.1 Å². The Morgan fingerprint density at radius 1 is 1.69 bits per heavy atom. The first-order chi connectivity index (χ1) is 6.27. The zero-order chi connectivity index (χ0) is 9.26. The van der Waals surface area contributed by atoms with Crippen LogP contribution in [-0.4, -0.2) is 29.5 Å². The third-order valence-corrected chi connectivity index (χ3v) is 2.30. The molecule has 1 N–H and O–H groups in total. The molecule has 13 heavy (non-hydrogen) atoms. The third-order valence-electron chi connectivity index (χ3n) is 2.30. The van der Waals surface area contributed by atoms with Crippen LogP contribution in [0.2, 0.25) is 0 Å². The average Bonchev–Trinajstić information content (AvgIpc) is 2.47. The van der Waals surface area contributed by atoms with Gasteiger partial charge in [0.05, 0.1) is 18.0 Å². The molecule has 1 unspecified atom stereocenters. The summed E-state index contributed by atoms with van der Waals surface area (Å²) in [6.45, 7) is 4.63. The number of aryl methyl sites for hydroxylation is 2. The summed E-state index contributed by atoms with van der Waals surface area (Å²) in [6, 6.07) is 2.08. The molecule has 0 spiro atoms. The van der Waals surface area contributed by atoms with Crippen LogP contribution in [0.15, 0.2) is 6.07 Å². The van der Waals surface area contributed by atoms with Gasteiger partial charge in [0.2, 0.25) is 0 Å². The maximum atomic E-state index is 5.63. The number of nitrogens with one attached hydrogen (secondary N) is 1. The van der Waals surface area contributed by atoms with Crippen molar-refractivity contribution in [2.75, 3.05) is 19.7 Å². The maximum absolute atomic E-state index is 5.63. The Morgan fingerprint density at radius 2 is 2.54 bits per heavy atom. The zero-order valence-electron chi connectivity index (χ0n) is 8.08. The number of morpholine rings is 1. The van der Waals surface area contributed by atoms with Gasteiger partial charge in [0.1, 0.15) is 6.10 Å². The Balaban J connectivity index is 2.18. The van der Waals surface area contributed by atoms with Crippen molar-refractivity contribution in [3.63, 3.8) is 0 Å². The first kappa shape index (κ1) is 8.72. The van der Waals surface area contributed by atoms with Crippen LogP contribution in [0.5, 0.6) is 0 Å². The highest BCUT2D eigenvalue weighted by atomic mass is 16.5. The summed E-state index contributed by atoms with van der Waals surface area (Å²) >= 11 is 0. The van der Waals surface area contributed by atoms with E-state index in [9.17, 15) is 0 Å². The van der Waals surface area contributed by atoms with Crippen LogP contribution in [0.1, 0.15) is 17.5 Å². The lowest BCUT2D eigenvalue weighted by Gasteiger charge is -2.23. The highest BCUT2D eigenvalue weighted by Gasteiger charge is 2.18. The van der Waals surface area contributed by atoms with Crippen LogP contribution in [0.4, 0.5) is 0 Å². The number of rotatable bonds is 1. The van der Waals surface area contributed by atoms with Crippen LogP contribution in [0.3, 0.4) is 0 Å². The smallest absolute Gasteiger partial charge is 0.112 e. The average molecular weight is 181 g/mol. The molecule has 0 aromatic carbocycles. The first-order valence-electron chi connectivity index (χ1n) is 4.60. The van der Waals surface area contributed by atoms with E-state index in [0.717, 1.165) is 31.1 Å². The van der Waals surface area contributed by atoms with Gasteiger partial charge in [-0.15, -0.1) is 0 Å². The van der Waals surface area contributed by atoms with Gasteiger partial charge in [-0.3, -0.25) is 4.68 Å². The molecule has 1 aliphatic rings. The molecule has 1 fully saturated rings. The van der Waals surface area contributed by atoms with Crippen molar-refractivity contribution >= 4 is 0 Å². The second kappa shape index (κ2) is 3.47. The van der Waals surface area contributed by atoms with Gasteiger partial charge in [-0.25, -0.2) is 0 Å². The molecule has 0 aliphatic carbocycles. The quantitative estimate of drug-likeness (QED) is 0.681. The molecule has 1 saturated heterocycles. The van der Waals surface area contributed by atoms with E-state index in [0.29, 0.717) is 0 Å². The lowest BCUT2D eigenvalue weighted by Crippen LogP contribution is -2.34. The molecule has 0 saturated carbocycles. The molecule has 1 atom stereocenters. The zero-order valence-corrected chi connectivity index (χ0v) is 8.08. The Morgan fingerprint density at radius 3 is 3.08 bits per heavy atom. The van der Waals surface area contributed by atoms with Gasteiger partial charge in [-0.1, -0.05) is 0 Å². The molecular formula is C9H15N3O. The van der Waals surface area contributed by atoms with Crippen molar-refractivity contribution in [2.45, 2.75) is 13.0 Å². The Hall–Kier alpha value is -0.870. The summed E-state index contributed by atoms with van der Waals surface area (Å²) in [6.07, 6.45) is 0.167. The van der Waals surface area contributed by atoms with Crippen LogP contribution in [0.25, 0.3) is 0 Å². The summed E-state index contributed by atoms with van der Waals surface area (Å²) in [5.41, 5.74) is 2.20. The molecule has 0 radical (unpaired) electrons. The minimum Gasteiger partial charge on any atom is -0.369 e. The largest absolute Gasteiger partial charge is 0.369 e. The van der Waals surface area contributed by atoms with Crippen molar-refractivity contribution < 1.29 is 4.74 Å². The number of ether oxygens (including phenoxy) is 1. The monoisotopic (exact) mass is 181 g/mol. The van der Waals surface area contributed by atoms with E-state index in [1.54, 1.807) is 0 Å². The Kier molecular flexibility index (Phi) is 2.33. The maximum Gasteiger partial charge on any atom is 0.112 e. The Labute approximate surface area is 77.9 Å². The molecule has 0 bridgehead atoms. The first-order valence-corrected chi connectivity index (χ1v) is 4.60. The van der Waals surface area contributed by atoms with E-state index in [2.05, 4.69) is 16.5 Å². The van der Waals surface area contributed by atoms with E-state index < -0.39 is 0 Å². The predicted molar refractivity (Wildman–Crippen MR) is 49.5 cm³/mol. The fraction of sp³-hybridized carbons (Fsp3) is 0.667. The molecule has 2 heterocycles. The van der Waals surface area contributed by atoms with Gasteiger partial charge in [0.25, 0.3) is 0 Å². The highest BCUT2D eigenvalue weighted by molar-refractivity contribution is 5.12. The van der Waals surface area contributed by atoms with Gasteiger partial charge in [0, 0.05) is 20.1 Å². The van der Waals surface area contributed by atoms with Crippen molar-refractivity contribution in [2.24, 2.45) is 7.05 Å². The molecule has 2 rings (SSSR count). The fourth-order valence-electron chi connectivity index (χ4n) is 1.69. The second-order valence-electron chi connectivity index (χ2n) is 3.40. The number of aromatic nitrogens is 2. The van der Waals surface area contributed by atoms with Crippen molar-refractivity contribution in [1.82, 2.24) is 15.1 Å².